The fourth-order valence-corrected chi connectivity index (χ4v) is 4.71. The van der Waals surface area contributed by atoms with E-state index in [1.807, 2.05) is 12.4 Å². The fourth-order valence-electron chi connectivity index (χ4n) is 4.71. The number of methoxy groups -OCH3 is 1. The standard InChI is InChI=1S/C19H27N3O2/c1-24-16-5-6-17-15(11-16)12-18(17,13-21-22-10-9-20-14-22)19(23)7-3-2-4-8-19/h5-6,11,14,21,23H,2-4,7-10,12-13H2,1H3. The van der Waals surface area contributed by atoms with Crippen LogP contribution in [0, 0.1) is 0 Å². The van der Waals surface area contributed by atoms with Crippen LogP contribution in [0.4, 0.5) is 0 Å². The third-order valence-electron chi connectivity index (χ3n) is 6.17. The Kier molecular flexibility index (Phi) is 4.01. The Hall–Kier alpha value is -1.59. The largest absolute Gasteiger partial charge is 0.497 e. The van der Waals surface area contributed by atoms with E-state index in [1.165, 1.54) is 17.5 Å². The Morgan fingerprint density at radius 2 is 2.12 bits per heavy atom. The number of hydrazine groups is 1. The molecule has 130 valence electrons. The summed E-state index contributed by atoms with van der Waals surface area (Å²) in [5, 5.41) is 13.6. The number of benzene rings is 1. The number of fused-ring (bicyclic) bond motifs is 1. The van der Waals surface area contributed by atoms with Crippen LogP contribution in [-0.4, -0.2) is 48.8 Å². The average Bonchev–Trinajstić information content (AvgIpc) is 3.09. The van der Waals surface area contributed by atoms with Crippen LogP contribution in [0.2, 0.25) is 0 Å². The molecule has 1 heterocycles. The van der Waals surface area contributed by atoms with E-state index >= 15 is 0 Å². The summed E-state index contributed by atoms with van der Waals surface area (Å²) in [7, 11) is 1.70. The van der Waals surface area contributed by atoms with Gasteiger partial charge in [0.15, 0.2) is 0 Å². The molecule has 0 spiro atoms. The maximum Gasteiger partial charge on any atom is 0.119 e. The minimum atomic E-state index is -0.614. The van der Waals surface area contributed by atoms with Gasteiger partial charge in [0.1, 0.15) is 5.75 Å². The summed E-state index contributed by atoms with van der Waals surface area (Å²) in [6, 6.07) is 6.30. The van der Waals surface area contributed by atoms with E-state index in [0.717, 1.165) is 57.5 Å². The number of ether oxygens (including phenoxy) is 1. The molecule has 5 heteroatoms. The molecule has 0 radical (unpaired) electrons. The molecule has 2 N–H and O–H groups in total. The van der Waals surface area contributed by atoms with E-state index in [-0.39, 0.29) is 5.41 Å². The zero-order chi connectivity index (χ0) is 16.6. The molecule has 0 aromatic heterocycles. The van der Waals surface area contributed by atoms with Gasteiger partial charge in [-0.25, -0.2) is 5.43 Å². The second kappa shape index (κ2) is 6.05. The van der Waals surface area contributed by atoms with Gasteiger partial charge in [0.05, 0.1) is 32.1 Å². The van der Waals surface area contributed by atoms with Crippen LogP contribution in [0.25, 0.3) is 0 Å². The summed E-state index contributed by atoms with van der Waals surface area (Å²) in [5.74, 6) is 0.901. The fraction of sp³-hybridized carbons (Fsp3) is 0.632. The van der Waals surface area contributed by atoms with Crippen molar-refractivity contribution in [1.29, 1.82) is 0 Å². The second-order valence-electron chi connectivity index (χ2n) is 7.42. The predicted octanol–water partition coefficient (Wildman–Crippen LogP) is 2.03. The van der Waals surface area contributed by atoms with Crippen LogP contribution < -0.4 is 10.2 Å². The highest BCUT2D eigenvalue weighted by atomic mass is 16.5. The lowest BCUT2D eigenvalue weighted by Gasteiger charge is -2.56. The molecule has 0 amide bonds. The number of aliphatic imine (C=N–C) groups is 1. The van der Waals surface area contributed by atoms with E-state index in [9.17, 15) is 5.11 Å². The van der Waals surface area contributed by atoms with Crippen molar-refractivity contribution in [1.82, 2.24) is 10.4 Å². The first-order valence-electron chi connectivity index (χ1n) is 9.07. The molecule has 1 aromatic rings. The zero-order valence-electron chi connectivity index (χ0n) is 14.4. The highest BCUT2D eigenvalue weighted by molar-refractivity contribution is 5.56. The maximum atomic E-state index is 11.6. The zero-order valence-corrected chi connectivity index (χ0v) is 14.4. The molecule has 1 aliphatic heterocycles. The topological polar surface area (TPSA) is 57.1 Å². The molecular weight excluding hydrogens is 302 g/mol. The SMILES string of the molecule is COc1ccc2c(c1)CC2(CNN1C=NCC1)C1(O)CCCCC1. The number of nitrogens with zero attached hydrogens (tertiary/aromatic N) is 2. The minimum absolute atomic E-state index is 0.203. The summed E-state index contributed by atoms with van der Waals surface area (Å²) in [4.78, 5) is 4.27. The van der Waals surface area contributed by atoms with E-state index in [0.29, 0.717) is 0 Å². The predicted molar refractivity (Wildman–Crippen MR) is 94.5 cm³/mol. The van der Waals surface area contributed by atoms with Crippen molar-refractivity contribution in [2.75, 3.05) is 26.7 Å². The first-order chi connectivity index (χ1) is 11.7. The third-order valence-corrected chi connectivity index (χ3v) is 6.17. The molecule has 1 unspecified atom stereocenters. The van der Waals surface area contributed by atoms with Gasteiger partial charge >= 0.3 is 0 Å². The lowest BCUT2D eigenvalue weighted by atomic mass is 9.52. The number of rotatable bonds is 5. The van der Waals surface area contributed by atoms with E-state index in [1.54, 1.807) is 7.11 Å². The minimum Gasteiger partial charge on any atom is -0.497 e. The van der Waals surface area contributed by atoms with E-state index in [4.69, 9.17) is 4.74 Å². The van der Waals surface area contributed by atoms with Crippen molar-refractivity contribution in [2.45, 2.75) is 49.5 Å². The van der Waals surface area contributed by atoms with E-state index < -0.39 is 5.60 Å². The number of nitrogens with one attached hydrogen (secondary N) is 1. The summed E-state index contributed by atoms with van der Waals surface area (Å²) in [6.07, 6.45) is 8.05. The lowest BCUT2D eigenvalue weighted by molar-refractivity contribution is -0.0820. The molecule has 5 nitrogen and oxygen atoms in total. The second-order valence-corrected chi connectivity index (χ2v) is 7.42. The third kappa shape index (κ3) is 2.42. The van der Waals surface area contributed by atoms with Gasteiger partial charge < -0.3 is 9.84 Å². The normalized spacial score (nSPS) is 27.7. The monoisotopic (exact) mass is 329 g/mol. The average molecular weight is 329 g/mol. The molecule has 3 aliphatic rings. The van der Waals surface area contributed by atoms with Crippen LogP contribution in [-0.2, 0) is 11.8 Å². The molecular formula is C19H27N3O2. The van der Waals surface area contributed by atoms with Crippen LogP contribution in [0.5, 0.6) is 5.75 Å². The molecule has 1 atom stereocenters. The van der Waals surface area contributed by atoms with Crippen LogP contribution >= 0.6 is 0 Å². The highest BCUT2D eigenvalue weighted by Gasteiger charge is 2.57. The molecule has 0 saturated heterocycles. The molecule has 1 aromatic carbocycles. The van der Waals surface area contributed by atoms with Gasteiger partial charge in [0.25, 0.3) is 0 Å². The summed E-state index contributed by atoms with van der Waals surface area (Å²) in [6.45, 7) is 2.51. The molecule has 1 fully saturated rings. The highest BCUT2D eigenvalue weighted by Crippen LogP contribution is 2.53. The number of hydrogen-bond donors (Lipinski definition) is 2. The van der Waals surface area contributed by atoms with Crippen molar-refractivity contribution in [2.24, 2.45) is 4.99 Å². The van der Waals surface area contributed by atoms with Crippen LogP contribution in [0.15, 0.2) is 23.2 Å². The van der Waals surface area contributed by atoms with Gasteiger partial charge in [-0.15, -0.1) is 0 Å². The molecule has 4 rings (SSSR count). The number of hydrogen-bond acceptors (Lipinski definition) is 5. The van der Waals surface area contributed by atoms with Gasteiger partial charge in [0, 0.05) is 12.0 Å². The van der Waals surface area contributed by atoms with Crippen molar-refractivity contribution in [3.63, 3.8) is 0 Å². The van der Waals surface area contributed by atoms with Crippen molar-refractivity contribution < 1.29 is 9.84 Å². The Balaban J connectivity index is 1.63. The Bertz CT molecular complexity index is 639. The van der Waals surface area contributed by atoms with Crippen molar-refractivity contribution in [3.05, 3.63) is 29.3 Å². The molecule has 24 heavy (non-hydrogen) atoms. The van der Waals surface area contributed by atoms with Crippen LogP contribution in [0.1, 0.15) is 43.2 Å². The van der Waals surface area contributed by atoms with Crippen molar-refractivity contribution in [3.8, 4) is 5.75 Å². The number of aliphatic hydroxyl groups is 1. The summed E-state index contributed by atoms with van der Waals surface area (Å²) < 4.78 is 5.36. The molecule has 2 aliphatic carbocycles. The molecule has 0 bridgehead atoms. The van der Waals surface area contributed by atoms with Gasteiger partial charge in [-0.2, -0.15) is 0 Å². The first kappa shape index (κ1) is 15.9. The van der Waals surface area contributed by atoms with Gasteiger partial charge in [-0.3, -0.25) is 10.0 Å². The Morgan fingerprint density at radius 1 is 1.29 bits per heavy atom. The van der Waals surface area contributed by atoms with Gasteiger partial charge in [0.2, 0.25) is 0 Å². The quantitative estimate of drug-likeness (QED) is 0.868. The first-order valence-corrected chi connectivity index (χ1v) is 9.07. The molecule has 1 saturated carbocycles. The summed E-state index contributed by atoms with van der Waals surface area (Å²) in [5.41, 5.74) is 5.29. The van der Waals surface area contributed by atoms with Gasteiger partial charge in [-0.1, -0.05) is 25.3 Å². The Morgan fingerprint density at radius 3 is 2.79 bits per heavy atom. The van der Waals surface area contributed by atoms with Crippen molar-refractivity contribution >= 4 is 6.34 Å². The lowest BCUT2D eigenvalue weighted by Crippen LogP contribution is -2.64. The Labute approximate surface area is 143 Å². The van der Waals surface area contributed by atoms with E-state index in [2.05, 4.69) is 27.6 Å². The smallest absolute Gasteiger partial charge is 0.119 e. The van der Waals surface area contributed by atoms with Crippen LogP contribution in [0.3, 0.4) is 0 Å². The summed E-state index contributed by atoms with van der Waals surface area (Å²) >= 11 is 0. The van der Waals surface area contributed by atoms with Gasteiger partial charge in [-0.05, 0) is 42.5 Å². The maximum absolute atomic E-state index is 11.6.